The van der Waals surface area contributed by atoms with Crippen molar-refractivity contribution < 1.29 is 22.4 Å². The van der Waals surface area contributed by atoms with E-state index in [0.29, 0.717) is 17.7 Å². The molecule has 0 bridgehead atoms. The fourth-order valence-corrected chi connectivity index (χ4v) is 4.02. The number of halogens is 5. The summed E-state index contributed by atoms with van der Waals surface area (Å²) in [5, 5.41) is 13.7. The summed E-state index contributed by atoms with van der Waals surface area (Å²) < 4.78 is 53.8. The number of nitrogens with zero attached hydrogens (tertiary/aromatic N) is 4. The molecule has 3 N–H and O–H groups in total. The fourth-order valence-electron chi connectivity index (χ4n) is 3.62. The molecule has 33 heavy (non-hydrogen) atoms. The number of hydrogen-bond acceptors (Lipinski definition) is 4. The zero-order valence-electron chi connectivity index (χ0n) is 16.6. The van der Waals surface area contributed by atoms with Gasteiger partial charge in [0.1, 0.15) is 5.82 Å². The van der Waals surface area contributed by atoms with Crippen LogP contribution in [-0.2, 0) is 6.18 Å². The molecular formula is C21H15ClF4N6O. The molecule has 2 unspecified atom stereocenters. The number of allylic oxidation sites excluding steroid dienone is 2. The zero-order chi connectivity index (χ0) is 23.8. The molecule has 0 aliphatic heterocycles. The van der Waals surface area contributed by atoms with Gasteiger partial charge in [-0.05, 0) is 35.4 Å². The van der Waals surface area contributed by atoms with E-state index in [4.69, 9.17) is 17.3 Å². The van der Waals surface area contributed by atoms with Crippen molar-refractivity contribution in [3.63, 3.8) is 0 Å². The van der Waals surface area contributed by atoms with Crippen molar-refractivity contribution in [3.05, 3.63) is 89.5 Å². The van der Waals surface area contributed by atoms with E-state index in [0.717, 1.165) is 16.5 Å². The molecule has 0 spiro atoms. The predicted octanol–water partition coefficient (Wildman–Crippen LogP) is 4.62. The van der Waals surface area contributed by atoms with Crippen molar-refractivity contribution in [1.82, 2.24) is 20.6 Å². The molecule has 2 atom stereocenters. The second-order valence-electron chi connectivity index (χ2n) is 7.13. The van der Waals surface area contributed by atoms with E-state index in [2.05, 4.69) is 20.6 Å². The molecule has 2 amide bonds. The number of nitrogens with two attached hydrogens (primary N) is 1. The number of carbonyl (C=O) groups excluding carboxylic acids is 1. The van der Waals surface area contributed by atoms with Gasteiger partial charge in [0.25, 0.3) is 0 Å². The van der Waals surface area contributed by atoms with E-state index < -0.39 is 34.5 Å². The van der Waals surface area contributed by atoms with Crippen molar-refractivity contribution in [2.75, 3.05) is 4.90 Å². The van der Waals surface area contributed by atoms with Crippen molar-refractivity contribution >= 4 is 28.9 Å². The Balaban J connectivity index is 1.86. The SMILES string of the molecule is NC(=O)N(c1ccc(F)c(C(F)(F)F)c1)C1(Cl)C=CC(c2ccccc2)=CC1c1nn[nH]n1. The van der Waals surface area contributed by atoms with Crippen LogP contribution in [0, 0.1) is 5.82 Å². The van der Waals surface area contributed by atoms with E-state index in [9.17, 15) is 22.4 Å². The molecule has 2 aromatic carbocycles. The average Bonchev–Trinajstić information content (AvgIpc) is 3.29. The molecule has 1 aliphatic carbocycles. The third-order valence-corrected chi connectivity index (χ3v) is 5.63. The van der Waals surface area contributed by atoms with Crippen LogP contribution in [0.25, 0.3) is 5.57 Å². The smallest absolute Gasteiger partial charge is 0.351 e. The number of nitrogens with one attached hydrogen (secondary N) is 1. The number of hydrogen-bond donors (Lipinski definition) is 2. The summed E-state index contributed by atoms with van der Waals surface area (Å²) in [7, 11) is 0. The number of primary amides is 1. The van der Waals surface area contributed by atoms with Crippen molar-refractivity contribution in [3.8, 4) is 0 Å². The third kappa shape index (κ3) is 4.19. The lowest BCUT2D eigenvalue weighted by Crippen LogP contribution is -2.53. The van der Waals surface area contributed by atoms with E-state index in [-0.39, 0.29) is 11.5 Å². The largest absolute Gasteiger partial charge is 0.419 e. The Hall–Kier alpha value is -3.73. The Morgan fingerprint density at radius 3 is 2.52 bits per heavy atom. The standard InChI is InChI=1S/C21H15ClF4N6O/c22-20(32(19(27)33)14-6-7-17(23)15(11-14)21(24,25)26)9-8-13(12-4-2-1-3-5-12)10-16(20)18-28-30-31-29-18/h1-11,16H,(H2,27,33)(H,28,29,30,31). The fraction of sp³-hybridized carbons (Fsp3) is 0.143. The number of aromatic nitrogens is 4. The quantitative estimate of drug-likeness (QED) is 0.325. The first-order valence-corrected chi connectivity index (χ1v) is 9.84. The Kier molecular flexibility index (Phi) is 5.66. The first-order chi connectivity index (χ1) is 15.6. The van der Waals surface area contributed by atoms with Crippen molar-refractivity contribution in [2.45, 2.75) is 17.1 Å². The van der Waals surface area contributed by atoms with Crippen LogP contribution in [0.1, 0.15) is 22.9 Å². The van der Waals surface area contributed by atoms with Gasteiger partial charge in [-0.1, -0.05) is 59.3 Å². The van der Waals surface area contributed by atoms with Gasteiger partial charge >= 0.3 is 12.2 Å². The average molecular weight is 479 g/mol. The first-order valence-electron chi connectivity index (χ1n) is 9.46. The molecule has 12 heteroatoms. The van der Waals surface area contributed by atoms with E-state index in [1.165, 1.54) is 6.08 Å². The van der Waals surface area contributed by atoms with Gasteiger partial charge in [0, 0.05) is 5.69 Å². The van der Waals surface area contributed by atoms with Crippen LogP contribution in [0.2, 0.25) is 0 Å². The summed E-state index contributed by atoms with van der Waals surface area (Å²) in [5.41, 5.74) is 5.13. The molecular weight excluding hydrogens is 464 g/mol. The van der Waals surface area contributed by atoms with E-state index >= 15 is 0 Å². The summed E-state index contributed by atoms with van der Waals surface area (Å²) in [6, 6.07) is 10.0. The molecule has 7 nitrogen and oxygen atoms in total. The lowest BCUT2D eigenvalue weighted by molar-refractivity contribution is -0.139. The molecule has 170 valence electrons. The minimum atomic E-state index is -5.00. The number of tetrazole rings is 1. The summed E-state index contributed by atoms with van der Waals surface area (Å²) in [5.74, 6) is -2.42. The highest BCUT2D eigenvalue weighted by molar-refractivity contribution is 6.30. The monoisotopic (exact) mass is 478 g/mol. The van der Waals surface area contributed by atoms with E-state index in [1.54, 1.807) is 12.2 Å². The van der Waals surface area contributed by atoms with Gasteiger partial charge in [-0.3, -0.25) is 4.90 Å². The van der Waals surface area contributed by atoms with Crippen LogP contribution in [-0.4, -0.2) is 31.7 Å². The van der Waals surface area contributed by atoms with Crippen molar-refractivity contribution in [1.29, 1.82) is 0 Å². The molecule has 4 rings (SSSR count). The molecule has 0 radical (unpaired) electrons. The zero-order valence-corrected chi connectivity index (χ0v) is 17.3. The van der Waals surface area contributed by atoms with Gasteiger partial charge in [0.2, 0.25) is 0 Å². The highest BCUT2D eigenvalue weighted by Gasteiger charge is 2.47. The molecule has 0 saturated carbocycles. The third-order valence-electron chi connectivity index (χ3n) is 5.10. The Morgan fingerprint density at radius 1 is 1.18 bits per heavy atom. The molecule has 1 aromatic heterocycles. The second-order valence-corrected chi connectivity index (χ2v) is 7.74. The van der Waals surface area contributed by atoms with Crippen LogP contribution in [0.5, 0.6) is 0 Å². The van der Waals surface area contributed by atoms with Gasteiger partial charge < -0.3 is 5.73 Å². The molecule has 1 heterocycles. The number of amides is 2. The van der Waals surface area contributed by atoms with Crippen LogP contribution < -0.4 is 10.6 Å². The number of anilines is 1. The number of rotatable bonds is 4. The van der Waals surface area contributed by atoms with Gasteiger partial charge in [0.05, 0.1) is 11.5 Å². The Morgan fingerprint density at radius 2 is 1.91 bits per heavy atom. The minimum Gasteiger partial charge on any atom is -0.351 e. The number of alkyl halides is 4. The second kappa shape index (κ2) is 8.32. The first kappa shape index (κ1) is 22.5. The molecule has 1 aliphatic rings. The maximum atomic E-state index is 13.9. The van der Waals surface area contributed by atoms with Gasteiger partial charge in [0.15, 0.2) is 10.8 Å². The highest BCUT2D eigenvalue weighted by Crippen LogP contribution is 2.46. The topological polar surface area (TPSA) is 101 Å². The maximum absolute atomic E-state index is 13.9. The van der Waals surface area contributed by atoms with Crippen LogP contribution in [0.4, 0.5) is 28.0 Å². The minimum absolute atomic E-state index is 0.0622. The van der Waals surface area contributed by atoms with Crippen LogP contribution in [0.15, 0.2) is 66.8 Å². The number of H-pyrrole nitrogens is 1. The van der Waals surface area contributed by atoms with Crippen molar-refractivity contribution in [2.24, 2.45) is 5.73 Å². The summed E-state index contributed by atoms with van der Waals surface area (Å²) in [4.78, 5) is 11.4. The molecule has 3 aromatic rings. The lowest BCUT2D eigenvalue weighted by atomic mass is 9.86. The molecule has 0 saturated heterocycles. The number of urea groups is 1. The van der Waals surface area contributed by atoms with E-state index in [1.807, 2.05) is 30.3 Å². The lowest BCUT2D eigenvalue weighted by Gasteiger charge is -2.41. The normalized spacial score (nSPS) is 20.4. The number of carbonyl (C=O) groups is 1. The van der Waals surface area contributed by atoms with Gasteiger partial charge in [-0.25, -0.2) is 9.18 Å². The van der Waals surface area contributed by atoms with Crippen LogP contribution in [0.3, 0.4) is 0 Å². The number of aromatic amines is 1. The highest BCUT2D eigenvalue weighted by atomic mass is 35.5. The Labute approximate surface area is 189 Å². The van der Waals surface area contributed by atoms with Gasteiger partial charge in [-0.2, -0.15) is 18.4 Å². The molecule has 0 fully saturated rings. The van der Waals surface area contributed by atoms with Crippen LogP contribution >= 0.6 is 11.6 Å². The number of benzene rings is 2. The summed E-state index contributed by atoms with van der Waals surface area (Å²) in [6.45, 7) is 0. The Bertz CT molecular complexity index is 1230. The maximum Gasteiger partial charge on any atom is 0.419 e. The predicted molar refractivity (Wildman–Crippen MR) is 113 cm³/mol. The van der Waals surface area contributed by atoms with Gasteiger partial charge in [-0.15, -0.1) is 10.2 Å². The summed E-state index contributed by atoms with van der Waals surface area (Å²) >= 11 is 6.88. The summed E-state index contributed by atoms with van der Waals surface area (Å²) in [6.07, 6.45) is -0.349.